The van der Waals surface area contributed by atoms with Crippen LogP contribution in [0, 0.1) is 17.0 Å². The number of rotatable bonds is 6. The maximum absolute atomic E-state index is 12.5. The molecule has 0 aliphatic carbocycles. The smallest absolute Gasteiger partial charge is 0.291 e. The van der Waals surface area contributed by atoms with Gasteiger partial charge in [-0.05, 0) is 55.0 Å². The number of hydrogen-bond acceptors (Lipinski definition) is 7. The number of carbonyl (C=O) groups is 2. The molecule has 30 heavy (non-hydrogen) atoms. The molecule has 3 aromatic rings. The number of benzene rings is 2. The van der Waals surface area contributed by atoms with E-state index < -0.39 is 26.8 Å². The van der Waals surface area contributed by atoms with Gasteiger partial charge in [-0.15, -0.1) is 0 Å². The molecule has 1 aromatic heterocycles. The first-order chi connectivity index (χ1) is 14.2. The van der Waals surface area contributed by atoms with E-state index in [2.05, 4.69) is 5.32 Å². The van der Waals surface area contributed by atoms with Crippen LogP contribution in [0.25, 0.3) is 0 Å². The van der Waals surface area contributed by atoms with Gasteiger partial charge >= 0.3 is 0 Å². The van der Waals surface area contributed by atoms with Crippen molar-refractivity contribution in [2.24, 2.45) is 0 Å². The van der Waals surface area contributed by atoms with E-state index in [4.69, 9.17) is 4.42 Å². The van der Waals surface area contributed by atoms with Gasteiger partial charge < -0.3 is 9.73 Å². The highest BCUT2D eigenvalue weighted by atomic mass is 32.2. The number of anilines is 1. The number of carbonyl (C=O) groups excluding carboxylic acids is 2. The van der Waals surface area contributed by atoms with E-state index in [1.54, 1.807) is 6.07 Å². The van der Waals surface area contributed by atoms with Crippen molar-refractivity contribution in [2.45, 2.75) is 11.8 Å². The first-order valence-corrected chi connectivity index (χ1v) is 9.93. The van der Waals surface area contributed by atoms with Crippen LogP contribution in [-0.2, 0) is 10.0 Å². The fraction of sp³-hybridized carbons (Fsp3) is 0.0526. The lowest BCUT2D eigenvalue weighted by Gasteiger charge is -2.10. The molecular weight excluding hydrogens is 414 g/mol. The Bertz CT molecular complexity index is 1220. The van der Waals surface area contributed by atoms with Gasteiger partial charge in [-0.1, -0.05) is 0 Å². The van der Waals surface area contributed by atoms with Crippen LogP contribution in [0.5, 0.6) is 0 Å². The molecule has 0 bridgehead atoms. The van der Waals surface area contributed by atoms with Gasteiger partial charge in [-0.25, -0.2) is 13.1 Å². The number of amides is 2. The number of nitro groups is 1. The van der Waals surface area contributed by atoms with Crippen LogP contribution in [0.15, 0.2) is 70.2 Å². The van der Waals surface area contributed by atoms with Crippen molar-refractivity contribution in [3.63, 3.8) is 0 Å². The van der Waals surface area contributed by atoms with E-state index in [1.807, 2.05) is 4.72 Å². The van der Waals surface area contributed by atoms with Crippen LogP contribution >= 0.6 is 0 Å². The minimum atomic E-state index is -4.24. The van der Waals surface area contributed by atoms with Crippen LogP contribution in [0.2, 0.25) is 0 Å². The Morgan fingerprint density at radius 3 is 2.30 bits per heavy atom. The average molecular weight is 429 g/mol. The lowest BCUT2D eigenvalue weighted by Crippen LogP contribution is -2.31. The van der Waals surface area contributed by atoms with Gasteiger partial charge in [0.15, 0.2) is 5.76 Å². The van der Waals surface area contributed by atoms with Crippen LogP contribution < -0.4 is 10.0 Å². The highest BCUT2D eigenvalue weighted by molar-refractivity contribution is 7.90. The summed E-state index contributed by atoms with van der Waals surface area (Å²) in [6, 6.07) is 11.8. The fourth-order valence-corrected chi connectivity index (χ4v) is 3.79. The Kier molecular flexibility index (Phi) is 5.65. The molecule has 0 atom stereocenters. The predicted octanol–water partition coefficient (Wildman–Crippen LogP) is 2.87. The molecule has 0 saturated carbocycles. The molecule has 0 unspecified atom stereocenters. The third-order valence-corrected chi connectivity index (χ3v) is 5.53. The van der Waals surface area contributed by atoms with Gasteiger partial charge in [-0.2, -0.15) is 0 Å². The summed E-state index contributed by atoms with van der Waals surface area (Å²) in [4.78, 5) is 34.2. The van der Waals surface area contributed by atoms with Crippen molar-refractivity contribution in [1.82, 2.24) is 4.72 Å². The van der Waals surface area contributed by atoms with E-state index in [9.17, 15) is 28.1 Å². The quantitative estimate of drug-likeness (QED) is 0.452. The van der Waals surface area contributed by atoms with Gasteiger partial charge in [0.25, 0.3) is 27.5 Å². The van der Waals surface area contributed by atoms with Crippen LogP contribution in [0.4, 0.5) is 11.4 Å². The SMILES string of the molecule is Cc1cc([N+](=O)[O-])ccc1S(=O)(=O)NC(=O)c1ccc(NC(=O)c2ccco2)cc1. The molecular formula is C19H15N3O7S. The molecule has 0 spiro atoms. The van der Waals surface area contributed by atoms with Gasteiger partial charge in [0, 0.05) is 23.4 Å². The Morgan fingerprint density at radius 1 is 1.03 bits per heavy atom. The number of aryl methyl sites for hydroxylation is 1. The largest absolute Gasteiger partial charge is 0.459 e. The monoisotopic (exact) mass is 429 g/mol. The second kappa shape index (κ2) is 8.17. The standard InChI is InChI=1S/C19H15N3O7S/c1-12-11-15(22(25)26)8-9-17(12)30(27,28)21-18(23)13-4-6-14(7-5-13)20-19(24)16-3-2-10-29-16/h2-11H,1H3,(H,20,24)(H,21,23). The number of sulfonamides is 1. The third-order valence-electron chi connectivity index (χ3n) is 4.04. The number of non-ortho nitro benzene ring substituents is 1. The second-order valence-electron chi connectivity index (χ2n) is 6.15. The topological polar surface area (TPSA) is 149 Å². The molecule has 10 nitrogen and oxygen atoms in total. The van der Waals surface area contributed by atoms with Crippen LogP contribution in [0.3, 0.4) is 0 Å². The van der Waals surface area contributed by atoms with E-state index in [0.717, 1.165) is 18.2 Å². The zero-order valence-corrected chi connectivity index (χ0v) is 16.3. The number of furan rings is 1. The van der Waals surface area contributed by atoms with E-state index >= 15 is 0 Å². The van der Waals surface area contributed by atoms with Gasteiger partial charge in [0.2, 0.25) is 0 Å². The first kappa shape index (κ1) is 20.7. The Labute approximate surface area is 170 Å². The van der Waals surface area contributed by atoms with Crippen LogP contribution in [-0.4, -0.2) is 25.2 Å². The minimum absolute atomic E-state index is 0.0362. The molecule has 2 N–H and O–H groups in total. The third kappa shape index (κ3) is 4.52. The van der Waals surface area contributed by atoms with Gasteiger partial charge in [-0.3, -0.25) is 19.7 Å². The van der Waals surface area contributed by atoms with Crippen molar-refractivity contribution < 1.29 is 27.3 Å². The van der Waals surface area contributed by atoms with E-state index in [0.29, 0.717) is 5.69 Å². The lowest BCUT2D eigenvalue weighted by atomic mass is 10.2. The van der Waals surface area contributed by atoms with E-state index in [-0.39, 0.29) is 27.5 Å². The molecule has 3 rings (SSSR count). The zero-order chi connectivity index (χ0) is 21.9. The first-order valence-electron chi connectivity index (χ1n) is 8.44. The number of nitro benzene ring substituents is 1. The molecule has 0 fully saturated rings. The van der Waals surface area contributed by atoms with Crippen molar-refractivity contribution in [1.29, 1.82) is 0 Å². The molecule has 0 aliphatic heterocycles. The summed E-state index contributed by atoms with van der Waals surface area (Å²) >= 11 is 0. The fourth-order valence-electron chi connectivity index (χ4n) is 2.59. The average Bonchev–Trinajstić information content (AvgIpc) is 3.22. The molecule has 11 heteroatoms. The van der Waals surface area contributed by atoms with E-state index in [1.165, 1.54) is 43.5 Å². The van der Waals surface area contributed by atoms with Gasteiger partial charge in [0.05, 0.1) is 16.1 Å². The number of nitrogens with one attached hydrogen (secondary N) is 2. The molecule has 154 valence electrons. The zero-order valence-electron chi connectivity index (χ0n) is 15.5. The van der Waals surface area contributed by atoms with Crippen LogP contribution in [0.1, 0.15) is 26.5 Å². The highest BCUT2D eigenvalue weighted by Gasteiger charge is 2.22. The maximum atomic E-state index is 12.5. The number of nitrogens with zero attached hydrogens (tertiary/aromatic N) is 1. The molecule has 1 heterocycles. The Balaban J connectivity index is 1.72. The molecule has 2 aromatic carbocycles. The Morgan fingerprint density at radius 2 is 1.73 bits per heavy atom. The normalized spacial score (nSPS) is 11.0. The molecule has 0 radical (unpaired) electrons. The summed E-state index contributed by atoms with van der Waals surface area (Å²) in [7, 11) is -4.24. The molecule has 2 amide bonds. The summed E-state index contributed by atoms with van der Waals surface area (Å²) in [5.74, 6) is -1.26. The molecule has 0 aliphatic rings. The summed E-state index contributed by atoms with van der Waals surface area (Å²) in [6.45, 7) is 1.39. The Hall–Kier alpha value is -3.99. The van der Waals surface area contributed by atoms with Crippen molar-refractivity contribution >= 4 is 33.2 Å². The highest BCUT2D eigenvalue weighted by Crippen LogP contribution is 2.21. The molecule has 0 saturated heterocycles. The van der Waals surface area contributed by atoms with Gasteiger partial charge in [0.1, 0.15) is 0 Å². The number of hydrogen-bond donors (Lipinski definition) is 2. The summed E-state index contributed by atoms with van der Waals surface area (Å²) < 4.78 is 31.9. The van der Waals surface area contributed by atoms with Crippen molar-refractivity contribution in [2.75, 3.05) is 5.32 Å². The second-order valence-corrected chi connectivity index (χ2v) is 7.80. The van der Waals surface area contributed by atoms with Crippen molar-refractivity contribution in [3.05, 3.63) is 87.9 Å². The summed E-state index contributed by atoms with van der Waals surface area (Å²) in [5.41, 5.74) is 0.279. The predicted molar refractivity (Wildman–Crippen MR) is 106 cm³/mol. The summed E-state index contributed by atoms with van der Waals surface area (Å²) in [6.07, 6.45) is 1.36. The van der Waals surface area contributed by atoms with Crippen molar-refractivity contribution in [3.8, 4) is 0 Å². The minimum Gasteiger partial charge on any atom is -0.459 e. The summed E-state index contributed by atoms with van der Waals surface area (Å²) in [5, 5.41) is 13.4. The lowest BCUT2D eigenvalue weighted by molar-refractivity contribution is -0.385. The maximum Gasteiger partial charge on any atom is 0.291 e.